The molecule has 10 nitrogen and oxygen atoms in total. The monoisotopic (exact) mass is 529 g/mol. The quantitative estimate of drug-likeness (QED) is 0.404. The molecule has 1 unspecified atom stereocenters. The molecule has 1 amide bonds. The summed E-state index contributed by atoms with van der Waals surface area (Å²) in [7, 11) is 3.64. The molecule has 1 heterocycles. The van der Waals surface area contributed by atoms with E-state index >= 15 is 0 Å². The number of likely N-dealkylation sites (tertiary alicyclic amines) is 1. The van der Waals surface area contributed by atoms with Crippen LogP contribution in [0.1, 0.15) is 37.6 Å². The summed E-state index contributed by atoms with van der Waals surface area (Å²) in [6.45, 7) is 4.99. The van der Waals surface area contributed by atoms with Crippen molar-refractivity contribution < 1.29 is 42.9 Å². The van der Waals surface area contributed by atoms with Gasteiger partial charge in [0.1, 0.15) is 29.1 Å². The zero-order chi connectivity index (χ0) is 24.9. The van der Waals surface area contributed by atoms with Crippen LogP contribution in [-0.2, 0) is 28.5 Å². The Kier molecular flexibility index (Phi) is 8.70. The highest BCUT2D eigenvalue weighted by atomic mass is 79.9. The summed E-state index contributed by atoms with van der Waals surface area (Å²) in [6, 6.07) is 3.57. The van der Waals surface area contributed by atoms with Crippen LogP contribution in [0.5, 0.6) is 5.75 Å². The Bertz CT molecular complexity index is 912. The molecule has 33 heavy (non-hydrogen) atoms. The molecule has 1 aromatic carbocycles. The Balaban J connectivity index is 2.48. The van der Waals surface area contributed by atoms with E-state index < -0.39 is 47.7 Å². The van der Waals surface area contributed by atoms with Crippen LogP contribution < -0.4 is 4.74 Å². The molecular formula is C22H28BrNO9. The van der Waals surface area contributed by atoms with Gasteiger partial charge in [-0.2, -0.15) is 0 Å². The van der Waals surface area contributed by atoms with E-state index in [0.29, 0.717) is 4.47 Å². The Labute approximate surface area is 200 Å². The molecule has 0 saturated carbocycles. The van der Waals surface area contributed by atoms with E-state index in [1.807, 2.05) is 0 Å². The number of esters is 3. The molecule has 3 atom stereocenters. The number of carbonyl (C=O) groups is 4. The number of nitrogens with zero attached hydrogens (tertiary/aromatic N) is 1. The molecule has 0 radical (unpaired) electrons. The van der Waals surface area contributed by atoms with Gasteiger partial charge in [-0.1, -0.05) is 15.9 Å². The van der Waals surface area contributed by atoms with Gasteiger partial charge in [0.2, 0.25) is 0 Å². The van der Waals surface area contributed by atoms with Crippen LogP contribution in [0, 0.1) is 5.92 Å². The molecule has 0 N–H and O–H groups in total. The van der Waals surface area contributed by atoms with Gasteiger partial charge in [0.15, 0.2) is 0 Å². The normalized spacial score (nSPS) is 20.1. The lowest BCUT2D eigenvalue weighted by Gasteiger charge is -2.28. The zero-order valence-electron chi connectivity index (χ0n) is 19.4. The molecule has 1 aliphatic rings. The average Bonchev–Trinajstić information content (AvgIpc) is 3.10. The minimum absolute atomic E-state index is 0.0903. The van der Waals surface area contributed by atoms with Crippen molar-refractivity contribution in [3.8, 4) is 5.75 Å². The van der Waals surface area contributed by atoms with Crippen molar-refractivity contribution in [2.24, 2.45) is 5.92 Å². The summed E-state index contributed by atoms with van der Waals surface area (Å²) in [5.41, 5.74) is -0.688. The average molecular weight is 530 g/mol. The Morgan fingerprint density at radius 2 is 1.73 bits per heavy atom. The summed E-state index contributed by atoms with van der Waals surface area (Å²) in [5, 5.41) is 0. The number of ether oxygens (including phenoxy) is 5. The van der Waals surface area contributed by atoms with Crippen LogP contribution in [0.2, 0.25) is 0 Å². The highest BCUT2D eigenvalue weighted by Crippen LogP contribution is 2.35. The maximum atomic E-state index is 12.9. The third kappa shape index (κ3) is 6.59. The number of hydrogen-bond donors (Lipinski definition) is 0. The predicted octanol–water partition coefficient (Wildman–Crippen LogP) is 2.95. The van der Waals surface area contributed by atoms with Crippen LogP contribution >= 0.6 is 15.9 Å². The Morgan fingerprint density at radius 3 is 2.27 bits per heavy atom. The summed E-state index contributed by atoms with van der Waals surface area (Å²) in [5.74, 6) is -2.63. The number of hydrogen-bond acceptors (Lipinski definition) is 9. The third-order valence-corrected chi connectivity index (χ3v) is 5.41. The Morgan fingerprint density at radius 1 is 1.06 bits per heavy atom. The smallest absolute Gasteiger partial charge is 0.411 e. The second-order valence-corrected chi connectivity index (χ2v) is 9.25. The van der Waals surface area contributed by atoms with Crippen LogP contribution in [0.3, 0.4) is 0 Å². The Hall–Kier alpha value is -2.82. The minimum atomic E-state index is -1.16. The van der Waals surface area contributed by atoms with E-state index in [0.717, 1.165) is 0 Å². The number of methoxy groups -OCH3 is 3. The van der Waals surface area contributed by atoms with E-state index in [-0.39, 0.29) is 24.3 Å². The van der Waals surface area contributed by atoms with Crippen molar-refractivity contribution in [3.05, 3.63) is 28.2 Å². The number of benzene rings is 1. The van der Waals surface area contributed by atoms with Crippen molar-refractivity contribution in [2.75, 3.05) is 27.9 Å². The largest absolute Gasteiger partial charge is 0.487 e. The van der Waals surface area contributed by atoms with Gasteiger partial charge < -0.3 is 23.7 Å². The molecule has 1 fully saturated rings. The van der Waals surface area contributed by atoms with Gasteiger partial charge in [-0.25, -0.2) is 14.4 Å². The van der Waals surface area contributed by atoms with E-state index in [9.17, 15) is 19.2 Å². The first-order valence-corrected chi connectivity index (χ1v) is 10.9. The van der Waals surface area contributed by atoms with E-state index in [1.54, 1.807) is 32.9 Å². The van der Waals surface area contributed by atoms with Crippen molar-refractivity contribution in [1.82, 2.24) is 4.90 Å². The first kappa shape index (κ1) is 26.4. The molecule has 11 heteroatoms. The lowest BCUT2D eigenvalue weighted by Crippen LogP contribution is -2.46. The van der Waals surface area contributed by atoms with Gasteiger partial charge in [0.05, 0.1) is 34.3 Å². The molecule has 0 aromatic heterocycles. The van der Waals surface area contributed by atoms with E-state index in [2.05, 4.69) is 15.9 Å². The van der Waals surface area contributed by atoms with Gasteiger partial charge >= 0.3 is 24.0 Å². The lowest BCUT2D eigenvalue weighted by molar-refractivity contribution is -0.149. The fraction of sp³-hybridized carbons (Fsp3) is 0.545. The third-order valence-electron chi connectivity index (χ3n) is 4.92. The van der Waals surface area contributed by atoms with Crippen LogP contribution in [0.4, 0.5) is 4.79 Å². The van der Waals surface area contributed by atoms with Crippen LogP contribution in [0.25, 0.3) is 0 Å². The lowest BCUT2D eigenvalue weighted by atomic mass is 9.94. The van der Waals surface area contributed by atoms with E-state index in [1.165, 1.54) is 32.3 Å². The molecule has 1 aliphatic heterocycles. The highest BCUT2D eigenvalue weighted by Gasteiger charge is 2.52. The topological polar surface area (TPSA) is 118 Å². The van der Waals surface area contributed by atoms with Crippen LogP contribution in [0.15, 0.2) is 22.7 Å². The molecule has 182 valence electrons. The predicted molar refractivity (Wildman–Crippen MR) is 119 cm³/mol. The van der Waals surface area contributed by atoms with Gasteiger partial charge in [-0.15, -0.1) is 0 Å². The van der Waals surface area contributed by atoms with Crippen molar-refractivity contribution >= 4 is 39.9 Å². The fourth-order valence-corrected chi connectivity index (χ4v) is 3.85. The van der Waals surface area contributed by atoms with Gasteiger partial charge in [0, 0.05) is 10.4 Å². The molecule has 0 bridgehead atoms. The fourth-order valence-electron chi connectivity index (χ4n) is 3.49. The van der Waals surface area contributed by atoms with E-state index in [4.69, 9.17) is 23.7 Å². The second kappa shape index (κ2) is 10.9. The van der Waals surface area contributed by atoms with Crippen molar-refractivity contribution in [2.45, 2.75) is 44.9 Å². The molecule has 1 saturated heterocycles. The number of carbonyl (C=O) groups excluding carboxylic acids is 4. The zero-order valence-corrected chi connectivity index (χ0v) is 21.0. The maximum absolute atomic E-state index is 12.9. The first-order chi connectivity index (χ1) is 15.4. The first-order valence-electron chi connectivity index (χ1n) is 10.1. The van der Waals surface area contributed by atoms with Crippen molar-refractivity contribution in [1.29, 1.82) is 0 Å². The molecular weight excluding hydrogens is 502 g/mol. The molecule has 2 rings (SSSR count). The summed E-state index contributed by atoms with van der Waals surface area (Å²) in [6.07, 6.45) is -1.85. The summed E-state index contributed by atoms with van der Waals surface area (Å²) >= 11 is 3.30. The number of rotatable bonds is 6. The SMILES string of the molecule is COC(=O)C[C@H]1C(Oc2ccc(Br)cc2C(=O)OC)CN(C(=O)OC(C)(C)C)[C@@H]1C(=O)OC. The second-order valence-electron chi connectivity index (χ2n) is 8.33. The number of amides is 1. The molecule has 0 aliphatic carbocycles. The van der Waals surface area contributed by atoms with Gasteiger partial charge in [-0.05, 0) is 39.0 Å². The van der Waals surface area contributed by atoms with Gasteiger partial charge in [0.25, 0.3) is 0 Å². The summed E-state index contributed by atoms with van der Waals surface area (Å²) < 4.78 is 26.7. The standard InChI is InChI=1S/C22H28BrNO9/c1-22(2,3)33-21(28)24-11-16(13(10-17(25)29-4)18(24)20(27)31-6)32-15-8-7-12(23)9-14(15)19(26)30-5/h7-9,13,16,18H,10-11H2,1-6H3/t13-,16?,18-/m0/s1. The molecule has 0 spiro atoms. The summed E-state index contributed by atoms with van der Waals surface area (Å²) in [4.78, 5) is 51.2. The minimum Gasteiger partial charge on any atom is -0.487 e. The van der Waals surface area contributed by atoms with Crippen LogP contribution in [-0.4, -0.2) is 74.5 Å². The maximum Gasteiger partial charge on any atom is 0.411 e. The van der Waals surface area contributed by atoms with Gasteiger partial charge in [-0.3, -0.25) is 9.69 Å². The molecule has 1 aromatic rings. The highest BCUT2D eigenvalue weighted by molar-refractivity contribution is 9.10. The van der Waals surface area contributed by atoms with Crippen molar-refractivity contribution in [3.63, 3.8) is 0 Å². The number of halogens is 1.